The van der Waals surface area contributed by atoms with Gasteiger partial charge in [-0.15, -0.1) is 0 Å². The fourth-order valence-corrected chi connectivity index (χ4v) is 2.50. The maximum absolute atomic E-state index is 12.2. The van der Waals surface area contributed by atoms with Crippen molar-refractivity contribution >= 4 is 11.6 Å². The van der Waals surface area contributed by atoms with E-state index in [-0.39, 0.29) is 12.5 Å². The molecule has 0 heterocycles. The van der Waals surface area contributed by atoms with Gasteiger partial charge in [0.1, 0.15) is 17.2 Å². The molecule has 28 heavy (non-hydrogen) atoms. The second-order valence-corrected chi connectivity index (χ2v) is 6.01. The summed E-state index contributed by atoms with van der Waals surface area (Å²) < 4.78 is 16.9. The van der Waals surface area contributed by atoms with Gasteiger partial charge in [-0.1, -0.05) is 48.5 Å². The fourth-order valence-electron chi connectivity index (χ4n) is 2.50. The highest BCUT2D eigenvalue weighted by atomic mass is 16.5. The Bertz CT molecular complexity index is 853. The molecule has 3 aromatic carbocycles. The molecule has 0 aliphatic carbocycles. The van der Waals surface area contributed by atoms with E-state index in [0.29, 0.717) is 30.4 Å². The average molecular weight is 377 g/mol. The number of nitrogens with one attached hydrogen (secondary N) is 1. The van der Waals surface area contributed by atoms with E-state index >= 15 is 0 Å². The summed E-state index contributed by atoms with van der Waals surface area (Å²) in [6.07, 6.45) is 0.730. The van der Waals surface area contributed by atoms with Crippen LogP contribution in [0.4, 0.5) is 5.69 Å². The molecule has 0 saturated carbocycles. The predicted octanol–water partition coefficient (Wildman–Crippen LogP) is 4.55. The molecule has 144 valence electrons. The summed E-state index contributed by atoms with van der Waals surface area (Å²) in [6, 6.07) is 26.2. The highest BCUT2D eigenvalue weighted by Crippen LogP contribution is 2.24. The van der Waals surface area contributed by atoms with E-state index in [1.165, 1.54) is 0 Å². The first-order valence-electron chi connectivity index (χ1n) is 9.18. The van der Waals surface area contributed by atoms with Crippen LogP contribution in [-0.2, 0) is 4.79 Å². The van der Waals surface area contributed by atoms with Crippen LogP contribution in [0.15, 0.2) is 84.9 Å². The molecule has 0 spiro atoms. The van der Waals surface area contributed by atoms with Gasteiger partial charge in [0.15, 0.2) is 6.61 Å². The number of carbonyl (C=O) groups excluding carboxylic acids is 1. The molecule has 0 unspecified atom stereocenters. The van der Waals surface area contributed by atoms with Gasteiger partial charge in [0.05, 0.1) is 18.9 Å². The highest BCUT2D eigenvalue weighted by molar-refractivity contribution is 5.93. The van der Waals surface area contributed by atoms with E-state index in [1.54, 1.807) is 6.07 Å². The van der Waals surface area contributed by atoms with Gasteiger partial charge in [-0.3, -0.25) is 4.79 Å². The van der Waals surface area contributed by atoms with Gasteiger partial charge < -0.3 is 19.5 Å². The summed E-state index contributed by atoms with van der Waals surface area (Å²) in [4.78, 5) is 12.2. The summed E-state index contributed by atoms with van der Waals surface area (Å²) in [7, 11) is 0. The Balaban J connectivity index is 1.42. The summed E-state index contributed by atoms with van der Waals surface area (Å²) in [5.74, 6) is 1.87. The minimum atomic E-state index is -0.243. The summed E-state index contributed by atoms with van der Waals surface area (Å²) in [6.45, 7) is 0.979. The van der Waals surface area contributed by atoms with E-state index in [4.69, 9.17) is 14.2 Å². The molecule has 3 aromatic rings. The van der Waals surface area contributed by atoms with Gasteiger partial charge in [0.25, 0.3) is 5.91 Å². The van der Waals surface area contributed by atoms with E-state index < -0.39 is 0 Å². The highest BCUT2D eigenvalue weighted by Gasteiger charge is 2.08. The van der Waals surface area contributed by atoms with Crippen molar-refractivity contribution in [2.24, 2.45) is 0 Å². The second-order valence-electron chi connectivity index (χ2n) is 6.01. The maximum atomic E-state index is 12.2. The lowest BCUT2D eigenvalue weighted by atomic mass is 10.3. The van der Waals surface area contributed by atoms with Crippen molar-refractivity contribution in [3.8, 4) is 17.2 Å². The van der Waals surface area contributed by atoms with E-state index in [0.717, 1.165) is 12.2 Å². The Morgan fingerprint density at radius 1 is 0.679 bits per heavy atom. The number of anilines is 1. The first kappa shape index (κ1) is 19.3. The smallest absolute Gasteiger partial charge is 0.262 e. The number of rotatable bonds is 10. The van der Waals surface area contributed by atoms with Gasteiger partial charge in [0.2, 0.25) is 0 Å². The molecule has 0 aromatic heterocycles. The molecule has 0 saturated heterocycles. The van der Waals surface area contributed by atoms with Crippen molar-refractivity contribution < 1.29 is 19.0 Å². The lowest BCUT2D eigenvalue weighted by Crippen LogP contribution is -2.20. The number of para-hydroxylation sites is 4. The first-order valence-corrected chi connectivity index (χ1v) is 9.18. The molecule has 0 fully saturated rings. The monoisotopic (exact) mass is 377 g/mol. The number of ether oxygens (including phenoxy) is 3. The zero-order valence-electron chi connectivity index (χ0n) is 15.5. The normalized spacial score (nSPS) is 10.1. The number of amides is 1. The Hall–Kier alpha value is -3.47. The SMILES string of the molecule is O=C(COc1ccccc1)Nc1ccccc1OCCCOc1ccccc1. The van der Waals surface area contributed by atoms with Crippen molar-refractivity contribution in [3.63, 3.8) is 0 Å². The third-order valence-corrected chi connectivity index (χ3v) is 3.83. The molecule has 5 nitrogen and oxygen atoms in total. The van der Waals surface area contributed by atoms with Crippen molar-refractivity contribution in [2.45, 2.75) is 6.42 Å². The Morgan fingerprint density at radius 2 is 1.25 bits per heavy atom. The molecule has 1 amide bonds. The number of hydrogen-bond acceptors (Lipinski definition) is 4. The Morgan fingerprint density at radius 3 is 1.96 bits per heavy atom. The van der Waals surface area contributed by atoms with Crippen molar-refractivity contribution in [2.75, 3.05) is 25.1 Å². The van der Waals surface area contributed by atoms with Crippen LogP contribution in [0.3, 0.4) is 0 Å². The van der Waals surface area contributed by atoms with E-state index in [1.807, 2.05) is 78.9 Å². The minimum absolute atomic E-state index is 0.0662. The Kier molecular flexibility index (Phi) is 7.32. The van der Waals surface area contributed by atoms with Crippen molar-refractivity contribution in [1.82, 2.24) is 0 Å². The van der Waals surface area contributed by atoms with Gasteiger partial charge in [-0.05, 0) is 36.4 Å². The third kappa shape index (κ3) is 6.36. The van der Waals surface area contributed by atoms with Gasteiger partial charge in [-0.25, -0.2) is 0 Å². The van der Waals surface area contributed by atoms with Crippen molar-refractivity contribution in [1.29, 1.82) is 0 Å². The minimum Gasteiger partial charge on any atom is -0.493 e. The number of carbonyl (C=O) groups is 1. The van der Waals surface area contributed by atoms with Crippen LogP contribution >= 0.6 is 0 Å². The molecule has 0 aliphatic heterocycles. The lowest BCUT2D eigenvalue weighted by molar-refractivity contribution is -0.118. The Labute approximate surface area is 164 Å². The quantitative estimate of drug-likeness (QED) is 0.527. The van der Waals surface area contributed by atoms with Crippen LogP contribution in [0.5, 0.6) is 17.2 Å². The van der Waals surface area contributed by atoms with Gasteiger partial charge in [0, 0.05) is 6.42 Å². The zero-order valence-corrected chi connectivity index (χ0v) is 15.5. The maximum Gasteiger partial charge on any atom is 0.262 e. The molecule has 5 heteroatoms. The summed E-state index contributed by atoms with van der Waals surface area (Å²) in [5, 5.41) is 2.83. The van der Waals surface area contributed by atoms with Crippen molar-refractivity contribution in [3.05, 3.63) is 84.9 Å². The summed E-state index contributed by atoms with van der Waals surface area (Å²) in [5.41, 5.74) is 0.619. The molecule has 0 radical (unpaired) electrons. The zero-order chi connectivity index (χ0) is 19.4. The largest absolute Gasteiger partial charge is 0.493 e. The number of hydrogen-bond donors (Lipinski definition) is 1. The van der Waals surface area contributed by atoms with Crippen LogP contribution < -0.4 is 19.5 Å². The number of benzene rings is 3. The average Bonchev–Trinajstić information content (AvgIpc) is 2.75. The van der Waals surface area contributed by atoms with E-state index in [2.05, 4.69) is 5.32 Å². The van der Waals surface area contributed by atoms with Crippen LogP contribution in [-0.4, -0.2) is 25.7 Å². The van der Waals surface area contributed by atoms with Crippen LogP contribution in [0.25, 0.3) is 0 Å². The second kappa shape index (κ2) is 10.6. The molecule has 0 atom stereocenters. The summed E-state index contributed by atoms with van der Waals surface area (Å²) >= 11 is 0. The molecule has 0 bridgehead atoms. The van der Waals surface area contributed by atoms with E-state index in [9.17, 15) is 4.79 Å². The molecule has 3 rings (SSSR count). The third-order valence-electron chi connectivity index (χ3n) is 3.83. The molecular formula is C23H23NO4. The van der Waals surface area contributed by atoms with Gasteiger partial charge >= 0.3 is 0 Å². The first-order chi connectivity index (χ1) is 13.8. The predicted molar refractivity (Wildman–Crippen MR) is 109 cm³/mol. The molecular weight excluding hydrogens is 354 g/mol. The van der Waals surface area contributed by atoms with Crippen LogP contribution in [0.2, 0.25) is 0 Å². The van der Waals surface area contributed by atoms with Crippen LogP contribution in [0, 0.1) is 0 Å². The lowest BCUT2D eigenvalue weighted by Gasteiger charge is -2.13. The van der Waals surface area contributed by atoms with Gasteiger partial charge in [-0.2, -0.15) is 0 Å². The topological polar surface area (TPSA) is 56.8 Å². The molecule has 0 aliphatic rings. The molecule has 1 N–H and O–H groups in total. The fraction of sp³-hybridized carbons (Fsp3) is 0.174. The van der Waals surface area contributed by atoms with Crippen LogP contribution in [0.1, 0.15) is 6.42 Å². The standard InChI is InChI=1S/C23H23NO4/c25-23(18-28-20-12-5-2-6-13-20)24-21-14-7-8-15-22(21)27-17-9-16-26-19-10-3-1-4-11-19/h1-8,10-15H,9,16-18H2,(H,24,25).